The van der Waals surface area contributed by atoms with E-state index >= 15 is 0 Å². The van der Waals surface area contributed by atoms with Crippen molar-refractivity contribution in [3.05, 3.63) is 27.0 Å². The Bertz CT molecular complexity index is 426. The largest absolute Gasteiger partial charge is 0.416 e. The van der Waals surface area contributed by atoms with Gasteiger partial charge in [-0.05, 0) is 47.7 Å². The van der Waals surface area contributed by atoms with E-state index in [4.69, 9.17) is 10.2 Å². The van der Waals surface area contributed by atoms with Crippen LogP contribution in [-0.4, -0.2) is 19.5 Å². The number of hydrogen-bond acceptors (Lipinski definition) is 3. The van der Waals surface area contributed by atoms with Gasteiger partial charge < -0.3 is 10.2 Å². The molecule has 0 aromatic carbocycles. The van der Waals surface area contributed by atoms with Crippen molar-refractivity contribution in [2.75, 3.05) is 12.3 Å². The average molecular weight is 305 g/mol. The van der Waals surface area contributed by atoms with Crippen LogP contribution in [0.15, 0.2) is 21.4 Å². The van der Waals surface area contributed by atoms with Gasteiger partial charge in [0.05, 0.1) is 11.1 Å². The normalized spacial score (nSPS) is 11.8. The van der Waals surface area contributed by atoms with E-state index in [-0.39, 0.29) is 5.56 Å². The molecule has 6 heteroatoms. The Morgan fingerprint density at radius 1 is 1.44 bits per heavy atom. The molecule has 0 aliphatic rings. The van der Waals surface area contributed by atoms with Gasteiger partial charge in [-0.1, -0.05) is 0 Å². The molecule has 2 N–H and O–H groups in total. The quantitative estimate of drug-likeness (QED) is 0.866. The van der Waals surface area contributed by atoms with E-state index in [9.17, 15) is 4.79 Å². The lowest BCUT2D eigenvalue weighted by Gasteiger charge is -2.18. The molecular weight excluding hydrogens is 288 g/mol. The fourth-order valence-electron chi connectivity index (χ4n) is 1.24. The second-order valence-electron chi connectivity index (χ2n) is 4.52. The van der Waals surface area contributed by atoms with Crippen LogP contribution in [0.4, 0.5) is 5.82 Å². The van der Waals surface area contributed by atoms with Crippen molar-refractivity contribution in [3.8, 4) is 0 Å². The van der Waals surface area contributed by atoms with Crippen LogP contribution in [0, 0.1) is 0 Å². The Morgan fingerprint density at radius 2 is 2.06 bits per heavy atom. The van der Waals surface area contributed by atoms with E-state index in [0.717, 1.165) is 0 Å². The summed E-state index contributed by atoms with van der Waals surface area (Å²) in [5.74, 6) is 0.465. The zero-order valence-electron chi connectivity index (χ0n) is 9.79. The van der Waals surface area contributed by atoms with Gasteiger partial charge in [0.2, 0.25) is 0 Å². The van der Waals surface area contributed by atoms with Crippen LogP contribution in [-0.2, 0) is 11.0 Å². The fourth-order valence-corrected chi connectivity index (χ4v) is 2.29. The molecule has 1 aromatic heterocycles. The lowest BCUT2D eigenvalue weighted by molar-refractivity contribution is 0.291. The van der Waals surface area contributed by atoms with E-state index in [1.165, 1.54) is 4.57 Å². The monoisotopic (exact) mass is 304 g/mol. The maximum atomic E-state index is 11.7. The zero-order valence-corrected chi connectivity index (χ0v) is 12.4. The minimum atomic E-state index is -1.53. The summed E-state index contributed by atoms with van der Waals surface area (Å²) in [7, 11) is -1.53. The summed E-state index contributed by atoms with van der Waals surface area (Å²) >= 11 is 3.19. The summed E-state index contributed by atoms with van der Waals surface area (Å²) in [5.41, 5.74) is 5.63. The highest BCUT2D eigenvalue weighted by molar-refractivity contribution is 9.10. The van der Waals surface area contributed by atoms with Gasteiger partial charge in [0.15, 0.2) is 8.32 Å². The van der Waals surface area contributed by atoms with Crippen molar-refractivity contribution < 1.29 is 4.43 Å². The van der Waals surface area contributed by atoms with Crippen molar-refractivity contribution in [2.45, 2.75) is 26.2 Å². The smallest absolute Gasteiger partial charge is 0.266 e. The summed E-state index contributed by atoms with van der Waals surface area (Å²) in [6.07, 6.45) is 0. The third kappa shape index (κ3) is 3.77. The maximum Gasteiger partial charge on any atom is 0.266 e. The molecule has 0 amide bonds. The van der Waals surface area contributed by atoms with Gasteiger partial charge in [0.1, 0.15) is 5.82 Å². The van der Waals surface area contributed by atoms with Gasteiger partial charge in [-0.25, -0.2) is 0 Å². The Balaban J connectivity index is 2.75. The number of hydrogen-bond donors (Lipinski definition) is 1. The summed E-state index contributed by atoms with van der Waals surface area (Å²) in [4.78, 5) is 11.7. The molecule has 0 fully saturated rings. The van der Waals surface area contributed by atoms with Crippen LogP contribution < -0.4 is 11.3 Å². The number of anilines is 1. The predicted octanol–water partition coefficient (Wildman–Crippen LogP) is 2.04. The first-order valence-corrected chi connectivity index (χ1v) is 9.30. The number of halogens is 1. The molecule has 1 rings (SSSR count). The predicted molar refractivity (Wildman–Crippen MR) is 72.1 cm³/mol. The summed E-state index contributed by atoms with van der Waals surface area (Å²) < 4.78 is 7.73. The molecule has 0 spiro atoms. The number of nitrogen functional groups attached to an aromatic ring is 1. The highest BCUT2D eigenvalue weighted by Crippen LogP contribution is 2.08. The van der Waals surface area contributed by atoms with E-state index in [0.29, 0.717) is 23.4 Å². The molecule has 0 bridgehead atoms. The molecule has 90 valence electrons. The summed E-state index contributed by atoms with van der Waals surface area (Å²) in [5, 5.41) is 0. The Hall–Kier alpha value is -0.593. The first kappa shape index (κ1) is 13.5. The standard InChI is InChI=1S/C10H17BrN2O2Si/c1-16(2,3)15-7-6-13-9(12)5-4-8(11)10(13)14/h4-5H,6-7,12H2,1-3H3. The molecule has 0 aliphatic carbocycles. The third-order valence-electron chi connectivity index (χ3n) is 2.01. The van der Waals surface area contributed by atoms with Crippen molar-refractivity contribution >= 4 is 30.1 Å². The lowest BCUT2D eigenvalue weighted by Crippen LogP contribution is -2.30. The van der Waals surface area contributed by atoms with Gasteiger partial charge in [-0.15, -0.1) is 0 Å². The second-order valence-corrected chi connectivity index (χ2v) is 9.89. The zero-order chi connectivity index (χ0) is 12.3. The molecule has 0 atom stereocenters. The second kappa shape index (κ2) is 5.16. The van der Waals surface area contributed by atoms with Crippen molar-refractivity contribution in [2.24, 2.45) is 0 Å². The highest BCUT2D eigenvalue weighted by atomic mass is 79.9. The molecule has 0 unspecified atom stereocenters. The molecule has 1 heterocycles. The highest BCUT2D eigenvalue weighted by Gasteiger charge is 2.14. The summed E-state index contributed by atoms with van der Waals surface area (Å²) in [6.45, 7) is 7.35. The molecule has 0 radical (unpaired) electrons. The molecular formula is C10H17BrN2O2Si. The number of nitrogens with two attached hydrogens (primary N) is 1. The van der Waals surface area contributed by atoms with Crippen LogP contribution in [0.3, 0.4) is 0 Å². The Morgan fingerprint density at radius 3 is 2.62 bits per heavy atom. The molecule has 4 nitrogen and oxygen atoms in total. The minimum absolute atomic E-state index is 0.112. The number of nitrogens with zero attached hydrogens (tertiary/aromatic N) is 1. The molecule has 0 saturated carbocycles. The summed E-state index contributed by atoms with van der Waals surface area (Å²) in [6, 6.07) is 3.37. The molecule has 0 aliphatic heterocycles. The Labute approximate surface area is 105 Å². The van der Waals surface area contributed by atoms with E-state index in [1.807, 2.05) is 0 Å². The fraction of sp³-hybridized carbons (Fsp3) is 0.500. The van der Waals surface area contributed by atoms with Gasteiger partial charge >= 0.3 is 0 Å². The third-order valence-corrected chi connectivity index (χ3v) is 3.69. The van der Waals surface area contributed by atoms with Crippen molar-refractivity contribution in [3.63, 3.8) is 0 Å². The SMILES string of the molecule is C[Si](C)(C)OCCn1c(N)ccc(Br)c1=O. The van der Waals surface area contributed by atoms with Crippen molar-refractivity contribution in [1.82, 2.24) is 4.57 Å². The molecule has 1 aromatic rings. The van der Waals surface area contributed by atoms with Gasteiger partial charge in [0.25, 0.3) is 5.56 Å². The van der Waals surface area contributed by atoms with E-state index in [1.54, 1.807) is 12.1 Å². The first-order valence-electron chi connectivity index (χ1n) is 5.10. The number of pyridine rings is 1. The maximum absolute atomic E-state index is 11.7. The number of rotatable bonds is 4. The molecule has 0 saturated heterocycles. The van der Waals surface area contributed by atoms with Crippen LogP contribution in [0.2, 0.25) is 19.6 Å². The van der Waals surface area contributed by atoms with Crippen LogP contribution >= 0.6 is 15.9 Å². The number of aromatic nitrogens is 1. The van der Waals surface area contributed by atoms with Gasteiger partial charge in [-0.3, -0.25) is 9.36 Å². The van der Waals surface area contributed by atoms with Gasteiger partial charge in [-0.2, -0.15) is 0 Å². The molecule has 16 heavy (non-hydrogen) atoms. The van der Waals surface area contributed by atoms with Crippen LogP contribution in [0.25, 0.3) is 0 Å². The van der Waals surface area contributed by atoms with E-state index in [2.05, 4.69) is 35.6 Å². The topological polar surface area (TPSA) is 57.2 Å². The lowest BCUT2D eigenvalue weighted by atomic mass is 10.4. The first-order chi connectivity index (χ1) is 7.31. The van der Waals surface area contributed by atoms with Gasteiger partial charge in [0, 0.05) is 6.54 Å². The minimum Gasteiger partial charge on any atom is -0.416 e. The van der Waals surface area contributed by atoms with Crippen LogP contribution in [0.1, 0.15) is 0 Å². The Kier molecular flexibility index (Phi) is 4.34. The van der Waals surface area contributed by atoms with E-state index < -0.39 is 8.32 Å². The van der Waals surface area contributed by atoms with Crippen molar-refractivity contribution in [1.29, 1.82) is 0 Å². The van der Waals surface area contributed by atoms with Crippen LogP contribution in [0.5, 0.6) is 0 Å². The average Bonchev–Trinajstić information content (AvgIpc) is 2.16.